The van der Waals surface area contributed by atoms with Crippen LogP contribution in [0.4, 0.5) is 0 Å². The third kappa shape index (κ3) is 7.21. The second kappa shape index (κ2) is 10.7. The van der Waals surface area contributed by atoms with E-state index in [0.717, 1.165) is 22.1 Å². The van der Waals surface area contributed by atoms with Gasteiger partial charge in [-0.2, -0.15) is 0 Å². The first-order chi connectivity index (χ1) is 13.3. The van der Waals surface area contributed by atoms with Crippen LogP contribution in [-0.4, -0.2) is 73.8 Å². The van der Waals surface area contributed by atoms with Crippen molar-refractivity contribution in [3.63, 3.8) is 0 Å². The molecule has 8 heteroatoms. The number of carboxylic acids is 2. The van der Waals surface area contributed by atoms with E-state index in [-0.39, 0.29) is 13.1 Å². The molecule has 0 fully saturated rings. The molecule has 0 radical (unpaired) electrons. The van der Waals surface area contributed by atoms with Crippen molar-refractivity contribution in [2.75, 3.05) is 26.2 Å². The lowest BCUT2D eigenvalue weighted by Gasteiger charge is -2.27. The van der Waals surface area contributed by atoms with Crippen LogP contribution < -0.4 is 10.9 Å². The molecule has 0 spiro atoms. The van der Waals surface area contributed by atoms with Crippen molar-refractivity contribution in [1.29, 1.82) is 0 Å². The molecule has 0 atom stereocenters. The molecule has 28 heavy (non-hydrogen) atoms. The van der Waals surface area contributed by atoms with Crippen molar-refractivity contribution in [2.24, 2.45) is 0 Å². The summed E-state index contributed by atoms with van der Waals surface area (Å²) >= 11 is 0. The molecular weight excluding hydrogens is 354 g/mol. The zero-order valence-corrected chi connectivity index (χ0v) is 16.5. The first-order valence-electron chi connectivity index (χ1n) is 9.32. The minimum atomic E-state index is -0.891. The summed E-state index contributed by atoms with van der Waals surface area (Å²) in [4.78, 5) is 26.3. The summed E-state index contributed by atoms with van der Waals surface area (Å²) < 4.78 is 0. The van der Waals surface area contributed by atoms with E-state index in [1.165, 1.54) is 0 Å². The molecule has 0 saturated heterocycles. The maximum absolute atomic E-state index is 11.3. The molecule has 0 saturated carbocycles. The fourth-order valence-electron chi connectivity index (χ4n) is 3.15. The molecule has 2 aromatic carbocycles. The van der Waals surface area contributed by atoms with E-state index in [2.05, 4.69) is 0 Å². The molecule has 0 bridgehead atoms. The van der Waals surface area contributed by atoms with Gasteiger partial charge in [0.25, 0.3) is 0 Å². The Bertz CT molecular complexity index is 749. The molecule has 0 unspecified atom stereocenters. The minimum Gasteiger partial charge on any atom is -0.480 e. The number of hydrogen-bond donors (Lipinski definition) is 2. The average Bonchev–Trinajstić information content (AvgIpc) is 2.62. The Morgan fingerprint density at radius 2 is 1.07 bits per heavy atom. The van der Waals surface area contributed by atoms with Crippen LogP contribution in [0.25, 0.3) is 0 Å². The Kier molecular flexibility index (Phi) is 8.29. The molecule has 0 aliphatic carbocycles. The minimum absolute atomic E-state index is 0.0837. The molecule has 2 aromatic rings. The molecule has 2 rings (SSSR count). The van der Waals surface area contributed by atoms with Gasteiger partial charge in [0.1, 0.15) is 15.7 Å². The van der Waals surface area contributed by atoms with E-state index < -0.39 is 11.9 Å². The third-order valence-corrected chi connectivity index (χ3v) is 4.76. The number of nitrogens with zero attached hydrogens (tertiary/aromatic N) is 2. The topological polar surface area (TPSA) is 81.1 Å². The average molecular weight is 380 g/mol. The quantitative estimate of drug-likeness (QED) is 0.471. The molecule has 6 nitrogen and oxygen atoms in total. The van der Waals surface area contributed by atoms with Gasteiger partial charge < -0.3 is 10.2 Å². The highest BCUT2D eigenvalue weighted by atomic mass is 16.4. The summed E-state index contributed by atoms with van der Waals surface area (Å²) in [5, 5.41) is 18.5. The van der Waals surface area contributed by atoms with Crippen molar-refractivity contribution in [3.8, 4) is 0 Å². The Hall–Kier alpha value is -2.57. The van der Waals surface area contributed by atoms with Gasteiger partial charge >= 0.3 is 11.9 Å². The van der Waals surface area contributed by atoms with Gasteiger partial charge in [-0.05, 0) is 11.1 Å². The van der Waals surface area contributed by atoms with Gasteiger partial charge in [-0.25, -0.2) is 0 Å². The predicted octanol–water partition coefficient (Wildman–Crippen LogP) is -1.32. The monoisotopic (exact) mass is 380 g/mol. The smallest absolute Gasteiger partial charge is 0.317 e. The van der Waals surface area contributed by atoms with Crippen molar-refractivity contribution < 1.29 is 19.8 Å². The summed E-state index contributed by atoms with van der Waals surface area (Å²) in [5.74, 6) is -1.78. The van der Waals surface area contributed by atoms with Gasteiger partial charge in [0.2, 0.25) is 0 Å². The van der Waals surface area contributed by atoms with Crippen LogP contribution in [0.1, 0.15) is 11.1 Å². The molecule has 0 amide bonds. The second-order valence-electron chi connectivity index (χ2n) is 7.06. The van der Waals surface area contributed by atoms with E-state index in [9.17, 15) is 19.8 Å². The zero-order valence-electron chi connectivity index (χ0n) is 16.5. The number of carboxylic acid groups (broad SMARTS) is 2. The highest BCUT2D eigenvalue weighted by Gasteiger charge is 2.16. The van der Waals surface area contributed by atoms with E-state index in [0.29, 0.717) is 26.2 Å². The molecular formula is C20H26B2N2O4. The van der Waals surface area contributed by atoms with Gasteiger partial charge in [0.15, 0.2) is 0 Å². The summed E-state index contributed by atoms with van der Waals surface area (Å²) in [6, 6.07) is 15.8. The zero-order chi connectivity index (χ0) is 20.5. The standard InChI is InChI=1S/C20H26B2N2O4/c21-17-7-3-1-5-15(17)11-23(13-19(25)26)9-10-24(14-20(27)28)12-16-6-2-4-8-18(16)22/h1-8H,9-14,21-22H2,(H,25,26)(H,27,28). The Labute approximate surface area is 167 Å². The summed E-state index contributed by atoms with van der Waals surface area (Å²) in [6.07, 6.45) is 0. The molecule has 0 heterocycles. The lowest BCUT2D eigenvalue weighted by molar-refractivity contribution is -0.140. The van der Waals surface area contributed by atoms with E-state index >= 15 is 0 Å². The Morgan fingerprint density at radius 3 is 1.39 bits per heavy atom. The fourth-order valence-corrected chi connectivity index (χ4v) is 3.15. The number of rotatable bonds is 11. The first kappa shape index (κ1) is 21.7. The van der Waals surface area contributed by atoms with Crippen LogP contribution in [0.2, 0.25) is 0 Å². The molecule has 146 valence electrons. The van der Waals surface area contributed by atoms with Crippen molar-refractivity contribution >= 4 is 38.6 Å². The van der Waals surface area contributed by atoms with Gasteiger partial charge in [0, 0.05) is 26.2 Å². The Morgan fingerprint density at radius 1 is 0.714 bits per heavy atom. The van der Waals surface area contributed by atoms with Crippen LogP contribution in [0.15, 0.2) is 48.5 Å². The molecule has 0 aromatic heterocycles. The number of hydrogen-bond acceptors (Lipinski definition) is 4. The van der Waals surface area contributed by atoms with Gasteiger partial charge in [-0.3, -0.25) is 19.4 Å². The van der Waals surface area contributed by atoms with Crippen molar-refractivity contribution in [1.82, 2.24) is 9.80 Å². The normalized spacial score (nSPS) is 11.1. The molecule has 0 aliphatic heterocycles. The number of benzene rings is 2. The SMILES string of the molecule is Bc1ccccc1CN(CCN(CC(=O)O)Cc1ccccc1B)CC(=O)O. The van der Waals surface area contributed by atoms with Crippen molar-refractivity contribution in [3.05, 3.63) is 59.7 Å². The van der Waals surface area contributed by atoms with E-state index in [4.69, 9.17) is 0 Å². The lowest BCUT2D eigenvalue weighted by atomic mass is 9.90. The highest BCUT2D eigenvalue weighted by Crippen LogP contribution is 2.06. The van der Waals surface area contributed by atoms with Crippen LogP contribution in [0.5, 0.6) is 0 Å². The van der Waals surface area contributed by atoms with E-state index in [1.807, 2.05) is 74.0 Å². The summed E-state index contributed by atoms with van der Waals surface area (Å²) in [7, 11) is 4.01. The summed E-state index contributed by atoms with van der Waals surface area (Å²) in [6.45, 7) is 1.81. The van der Waals surface area contributed by atoms with Crippen LogP contribution in [-0.2, 0) is 22.7 Å². The fraction of sp³-hybridized carbons (Fsp3) is 0.300. The molecule has 0 aliphatic rings. The van der Waals surface area contributed by atoms with Crippen molar-refractivity contribution in [2.45, 2.75) is 13.1 Å². The van der Waals surface area contributed by atoms with Crippen LogP contribution in [0.3, 0.4) is 0 Å². The predicted molar refractivity (Wildman–Crippen MR) is 115 cm³/mol. The van der Waals surface area contributed by atoms with E-state index in [1.54, 1.807) is 0 Å². The maximum atomic E-state index is 11.3. The third-order valence-electron chi connectivity index (χ3n) is 4.76. The first-order valence-corrected chi connectivity index (χ1v) is 9.32. The number of carbonyl (C=O) groups is 2. The second-order valence-corrected chi connectivity index (χ2v) is 7.06. The molecule has 2 N–H and O–H groups in total. The summed E-state index contributed by atoms with van der Waals surface area (Å²) in [5.41, 5.74) is 4.38. The van der Waals surface area contributed by atoms with Gasteiger partial charge in [0.05, 0.1) is 13.1 Å². The van der Waals surface area contributed by atoms with Gasteiger partial charge in [-0.15, -0.1) is 0 Å². The lowest BCUT2D eigenvalue weighted by Crippen LogP contribution is -2.40. The maximum Gasteiger partial charge on any atom is 0.317 e. The Balaban J connectivity index is 2.07. The van der Waals surface area contributed by atoms with Gasteiger partial charge in [-0.1, -0.05) is 59.5 Å². The highest BCUT2D eigenvalue weighted by molar-refractivity contribution is 6.33. The van der Waals surface area contributed by atoms with Crippen LogP contribution >= 0.6 is 0 Å². The number of aliphatic carboxylic acids is 2. The van der Waals surface area contributed by atoms with Crippen LogP contribution in [0, 0.1) is 0 Å². The largest absolute Gasteiger partial charge is 0.480 e.